The fraction of sp³-hybridized carbons (Fsp3) is 0.333. The molecule has 0 bridgehead atoms. The average Bonchev–Trinajstić information content (AvgIpc) is 3.00. The summed E-state index contributed by atoms with van der Waals surface area (Å²) in [5.41, 5.74) is 2.39. The van der Waals surface area contributed by atoms with Gasteiger partial charge in [0.1, 0.15) is 5.75 Å². The Bertz CT molecular complexity index is 324. The molecule has 1 radical (unpaired) electrons. The van der Waals surface area contributed by atoms with E-state index in [4.69, 9.17) is 4.74 Å². The van der Waals surface area contributed by atoms with Crippen molar-refractivity contribution in [3.8, 4) is 5.75 Å². The van der Waals surface area contributed by atoms with Gasteiger partial charge >= 0.3 is 0 Å². The van der Waals surface area contributed by atoms with E-state index in [0.29, 0.717) is 5.92 Å². The Kier molecular flexibility index (Phi) is 2.09. The van der Waals surface area contributed by atoms with Gasteiger partial charge in [-0.3, -0.25) is 0 Å². The van der Waals surface area contributed by atoms with Crippen molar-refractivity contribution >= 4 is 0 Å². The van der Waals surface area contributed by atoms with Crippen LogP contribution in [0.25, 0.3) is 0 Å². The first-order valence-corrected chi connectivity index (χ1v) is 4.57. The highest BCUT2D eigenvalue weighted by molar-refractivity contribution is 5.47. The van der Waals surface area contributed by atoms with Crippen molar-refractivity contribution in [3.05, 3.63) is 42.0 Å². The van der Waals surface area contributed by atoms with Crippen LogP contribution in [0.15, 0.2) is 24.8 Å². The molecule has 2 rings (SSSR count). The van der Waals surface area contributed by atoms with Gasteiger partial charge in [0.25, 0.3) is 0 Å². The van der Waals surface area contributed by atoms with Crippen molar-refractivity contribution in [1.82, 2.24) is 0 Å². The van der Waals surface area contributed by atoms with Crippen molar-refractivity contribution in [2.75, 3.05) is 7.11 Å². The molecule has 1 aliphatic rings. The Morgan fingerprint density at radius 1 is 1.46 bits per heavy atom. The largest absolute Gasteiger partial charge is 0.496 e. The average molecular weight is 173 g/mol. The fourth-order valence-corrected chi connectivity index (χ4v) is 1.67. The molecule has 1 nitrogen and oxygen atoms in total. The number of benzene rings is 1. The van der Waals surface area contributed by atoms with Gasteiger partial charge in [0.05, 0.1) is 7.11 Å². The van der Waals surface area contributed by atoms with Crippen molar-refractivity contribution in [2.45, 2.75) is 18.8 Å². The van der Waals surface area contributed by atoms with Gasteiger partial charge in [-0.25, -0.2) is 0 Å². The van der Waals surface area contributed by atoms with Gasteiger partial charge in [-0.05, 0) is 36.5 Å². The second-order valence-corrected chi connectivity index (χ2v) is 3.37. The van der Waals surface area contributed by atoms with Gasteiger partial charge in [0.15, 0.2) is 0 Å². The third-order valence-corrected chi connectivity index (χ3v) is 2.46. The van der Waals surface area contributed by atoms with Crippen LogP contribution in [-0.4, -0.2) is 7.11 Å². The number of ether oxygens (including phenoxy) is 1. The van der Waals surface area contributed by atoms with E-state index >= 15 is 0 Å². The summed E-state index contributed by atoms with van der Waals surface area (Å²) in [7, 11) is 1.72. The number of hydrogen-bond acceptors (Lipinski definition) is 1. The maximum atomic E-state index is 5.32. The maximum Gasteiger partial charge on any atom is 0.122 e. The number of rotatable bonds is 3. The van der Waals surface area contributed by atoms with Gasteiger partial charge in [-0.15, -0.1) is 0 Å². The maximum absolute atomic E-state index is 5.32. The predicted octanol–water partition coefficient (Wildman–Crippen LogP) is 2.91. The third-order valence-electron chi connectivity index (χ3n) is 2.46. The molecule has 1 aliphatic carbocycles. The molecule has 0 amide bonds. The zero-order valence-electron chi connectivity index (χ0n) is 7.84. The standard InChI is InChI=1S/C12H13O/c1-3-9-5-4-6-11(13-2)12(9)10-7-8-10/h4-6,10H,1,7-8H2,2H3. The second-order valence-electron chi connectivity index (χ2n) is 3.37. The summed E-state index contributed by atoms with van der Waals surface area (Å²) in [6, 6.07) is 6.04. The lowest BCUT2D eigenvalue weighted by Crippen LogP contribution is -1.93. The van der Waals surface area contributed by atoms with E-state index in [1.165, 1.54) is 18.4 Å². The van der Waals surface area contributed by atoms with Crippen molar-refractivity contribution in [2.24, 2.45) is 0 Å². The Labute approximate surface area is 79.0 Å². The van der Waals surface area contributed by atoms with E-state index in [1.54, 1.807) is 7.11 Å². The zero-order chi connectivity index (χ0) is 9.26. The van der Waals surface area contributed by atoms with Gasteiger partial charge in [0, 0.05) is 5.56 Å². The highest BCUT2D eigenvalue weighted by Crippen LogP contribution is 2.45. The van der Waals surface area contributed by atoms with Crippen LogP contribution in [0.1, 0.15) is 29.9 Å². The highest BCUT2D eigenvalue weighted by atomic mass is 16.5. The summed E-state index contributed by atoms with van der Waals surface area (Å²) >= 11 is 0. The van der Waals surface area contributed by atoms with Crippen LogP contribution in [0.5, 0.6) is 5.75 Å². The molecule has 1 saturated carbocycles. The van der Waals surface area contributed by atoms with Crippen LogP contribution >= 0.6 is 0 Å². The van der Waals surface area contributed by atoms with E-state index in [2.05, 4.69) is 12.7 Å². The summed E-state index contributed by atoms with van der Waals surface area (Å²) in [4.78, 5) is 0. The molecule has 0 aromatic heterocycles. The Balaban J connectivity index is 2.50. The fourth-order valence-electron chi connectivity index (χ4n) is 1.67. The topological polar surface area (TPSA) is 9.23 Å². The van der Waals surface area contributed by atoms with Crippen molar-refractivity contribution in [3.63, 3.8) is 0 Å². The summed E-state index contributed by atoms with van der Waals surface area (Å²) in [5, 5.41) is 0. The van der Waals surface area contributed by atoms with Crippen LogP contribution in [-0.2, 0) is 0 Å². The molecular weight excluding hydrogens is 160 g/mol. The Hall–Kier alpha value is -1.24. The molecule has 0 spiro atoms. The Morgan fingerprint density at radius 2 is 2.23 bits per heavy atom. The van der Waals surface area contributed by atoms with Crippen LogP contribution in [0, 0.1) is 6.08 Å². The monoisotopic (exact) mass is 173 g/mol. The summed E-state index contributed by atoms with van der Waals surface area (Å²) in [5.74, 6) is 1.66. The zero-order valence-corrected chi connectivity index (χ0v) is 7.84. The number of methoxy groups -OCH3 is 1. The molecule has 0 N–H and O–H groups in total. The van der Waals surface area contributed by atoms with E-state index < -0.39 is 0 Å². The Morgan fingerprint density at radius 3 is 2.77 bits per heavy atom. The molecule has 13 heavy (non-hydrogen) atoms. The summed E-state index contributed by atoms with van der Waals surface area (Å²) < 4.78 is 5.32. The highest BCUT2D eigenvalue weighted by Gasteiger charge is 2.28. The lowest BCUT2D eigenvalue weighted by atomic mass is 10.0. The third kappa shape index (κ3) is 1.46. The van der Waals surface area contributed by atoms with Crippen LogP contribution < -0.4 is 4.74 Å². The van der Waals surface area contributed by atoms with Crippen LogP contribution in [0.2, 0.25) is 0 Å². The van der Waals surface area contributed by atoms with Gasteiger partial charge in [0.2, 0.25) is 0 Å². The van der Waals surface area contributed by atoms with E-state index in [-0.39, 0.29) is 0 Å². The van der Waals surface area contributed by atoms with Gasteiger partial charge in [-0.2, -0.15) is 0 Å². The molecule has 0 heterocycles. The molecule has 0 atom stereocenters. The second kappa shape index (κ2) is 3.25. The number of hydrogen-bond donors (Lipinski definition) is 0. The summed E-state index contributed by atoms with van der Waals surface area (Å²) in [6.45, 7) is 3.70. The molecule has 1 heteroatoms. The normalized spacial score (nSPS) is 15.5. The molecule has 0 unspecified atom stereocenters. The minimum Gasteiger partial charge on any atom is -0.496 e. The van der Waals surface area contributed by atoms with Gasteiger partial charge in [-0.1, -0.05) is 18.7 Å². The first-order valence-electron chi connectivity index (χ1n) is 4.57. The van der Waals surface area contributed by atoms with Crippen LogP contribution in [0.4, 0.5) is 0 Å². The van der Waals surface area contributed by atoms with Crippen molar-refractivity contribution in [1.29, 1.82) is 0 Å². The van der Waals surface area contributed by atoms with Crippen LogP contribution in [0.3, 0.4) is 0 Å². The lowest BCUT2D eigenvalue weighted by molar-refractivity contribution is 0.409. The molecule has 0 aliphatic heterocycles. The molecule has 0 saturated heterocycles. The lowest BCUT2D eigenvalue weighted by Gasteiger charge is -2.09. The first kappa shape index (κ1) is 8.36. The van der Waals surface area contributed by atoms with E-state index in [1.807, 2.05) is 18.2 Å². The van der Waals surface area contributed by atoms with Gasteiger partial charge < -0.3 is 4.74 Å². The predicted molar refractivity (Wildman–Crippen MR) is 52.9 cm³/mol. The molecule has 1 fully saturated rings. The first-order chi connectivity index (χ1) is 6.36. The minimum absolute atomic E-state index is 0.681. The molecule has 1 aromatic rings. The van der Waals surface area contributed by atoms with Crippen molar-refractivity contribution < 1.29 is 4.74 Å². The minimum atomic E-state index is 0.681. The quantitative estimate of drug-likeness (QED) is 0.683. The molecule has 1 aromatic carbocycles. The smallest absolute Gasteiger partial charge is 0.122 e. The SMILES string of the molecule is C=[C]c1cccc(OC)c1C1CC1. The van der Waals surface area contributed by atoms with E-state index in [0.717, 1.165) is 11.3 Å². The summed E-state index contributed by atoms with van der Waals surface area (Å²) in [6.07, 6.45) is 5.51. The van der Waals surface area contributed by atoms with E-state index in [9.17, 15) is 0 Å². The molecule has 67 valence electrons. The molecular formula is C12H13O.